The van der Waals surface area contributed by atoms with Crippen molar-refractivity contribution in [2.45, 2.75) is 13.1 Å². The van der Waals surface area contributed by atoms with Gasteiger partial charge in [-0.05, 0) is 47.5 Å². The fourth-order valence-electron chi connectivity index (χ4n) is 3.68. The lowest BCUT2D eigenvalue weighted by molar-refractivity contribution is 0.0946. The van der Waals surface area contributed by atoms with Gasteiger partial charge >= 0.3 is 0 Å². The molecule has 5 rings (SSSR count). The summed E-state index contributed by atoms with van der Waals surface area (Å²) >= 11 is 5.99. The maximum absolute atomic E-state index is 13.0. The standard InChI is InChI=1S/C25H19ClN4O/c26-20-10-7-17(8-11-20)16-30-23-6-2-1-5-21(23)24(29-30)25(31)28-15-18-9-12-22-19(14-18)4-3-13-27-22/h1-14H,15-16H2,(H,28,31). The molecule has 5 aromatic rings. The van der Waals surface area contributed by atoms with Crippen LogP contribution in [0.1, 0.15) is 21.6 Å². The van der Waals surface area contributed by atoms with E-state index in [1.165, 1.54) is 0 Å². The molecule has 1 N–H and O–H groups in total. The Kier molecular flexibility index (Phi) is 5.10. The number of carbonyl (C=O) groups is 1. The SMILES string of the molecule is O=C(NCc1ccc2ncccc2c1)c1nn(Cc2ccc(Cl)cc2)c2ccccc12. The highest BCUT2D eigenvalue weighted by atomic mass is 35.5. The second-order valence-corrected chi connectivity index (χ2v) is 7.80. The average molecular weight is 427 g/mol. The molecule has 0 spiro atoms. The molecule has 2 heterocycles. The number of fused-ring (bicyclic) bond motifs is 2. The first-order valence-electron chi connectivity index (χ1n) is 9.99. The van der Waals surface area contributed by atoms with Gasteiger partial charge in [0.05, 0.1) is 17.6 Å². The maximum Gasteiger partial charge on any atom is 0.272 e. The number of rotatable bonds is 5. The fourth-order valence-corrected chi connectivity index (χ4v) is 3.81. The Balaban J connectivity index is 1.39. The van der Waals surface area contributed by atoms with Crippen LogP contribution in [0.25, 0.3) is 21.8 Å². The second kappa shape index (κ2) is 8.20. The van der Waals surface area contributed by atoms with Crippen molar-refractivity contribution in [2.24, 2.45) is 0 Å². The summed E-state index contributed by atoms with van der Waals surface area (Å²) in [5.74, 6) is -0.197. The molecule has 0 atom stereocenters. The van der Waals surface area contributed by atoms with Gasteiger partial charge in [-0.1, -0.05) is 54.1 Å². The summed E-state index contributed by atoms with van der Waals surface area (Å²) in [6.45, 7) is 0.977. The number of hydrogen-bond acceptors (Lipinski definition) is 3. The number of hydrogen-bond donors (Lipinski definition) is 1. The number of nitrogens with one attached hydrogen (secondary N) is 1. The minimum atomic E-state index is -0.197. The van der Waals surface area contributed by atoms with Crippen molar-refractivity contribution in [3.8, 4) is 0 Å². The van der Waals surface area contributed by atoms with E-state index in [0.717, 1.165) is 32.9 Å². The Morgan fingerprint density at radius 1 is 0.935 bits per heavy atom. The smallest absolute Gasteiger partial charge is 0.272 e. The minimum absolute atomic E-state index is 0.197. The van der Waals surface area contributed by atoms with E-state index in [9.17, 15) is 4.79 Å². The molecule has 31 heavy (non-hydrogen) atoms. The molecule has 0 aliphatic heterocycles. The van der Waals surface area contributed by atoms with Gasteiger partial charge in [0.1, 0.15) is 0 Å². The molecule has 0 saturated heterocycles. The van der Waals surface area contributed by atoms with Gasteiger partial charge in [0.15, 0.2) is 5.69 Å². The van der Waals surface area contributed by atoms with Gasteiger partial charge in [0.25, 0.3) is 5.91 Å². The van der Waals surface area contributed by atoms with Crippen molar-refractivity contribution >= 4 is 39.3 Å². The topological polar surface area (TPSA) is 59.8 Å². The number of para-hydroxylation sites is 1. The highest BCUT2D eigenvalue weighted by Gasteiger charge is 2.17. The van der Waals surface area contributed by atoms with E-state index >= 15 is 0 Å². The molecule has 0 aliphatic carbocycles. The first kappa shape index (κ1) is 19.3. The Labute approximate surface area is 184 Å². The molecule has 1 amide bonds. The van der Waals surface area contributed by atoms with Gasteiger partial charge < -0.3 is 5.32 Å². The summed E-state index contributed by atoms with van der Waals surface area (Å²) in [5.41, 5.74) is 4.35. The molecule has 5 nitrogen and oxygen atoms in total. The summed E-state index contributed by atoms with van der Waals surface area (Å²) in [6, 6.07) is 25.3. The molecule has 0 aliphatic rings. The van der Waals surface area contributed by atoms with E-state index in [2.05, 4.69) is 15.4 Å². The monoisotopic (exact) mass is 426 g/mol. The first-order valence-corrected chi connectivity index (χ1v) is 10.4. The van der Waals surface area contributed by atoms with Gasteiger partial charge in [-0.2, -0.15) is 5.10 Å². The zero-order valence-electron chi connectivity index (χ0n) is 16.6. The normalized spacial score (nSPS) is 11.1. The van der Waals surface area contributed by atoms with Crippen molar-refractivity contribution in [3.63, 3.8) is 0 Å². The number of pyridine rings is 1. The third kappa shape index (κ3) is 4.00. The maximum atomic E-state index is 13.0. The second-order valence-electron chi connectivity index (χ2n) is 7.36. The summed E-state index contributed by atoms with van der Waals surface area (Å²) in [6.07, 6.45) is 1.77. The number of halogens is 1. The highest BCUT2D eigenvalue weighted by molar-refractivity contribution is 6.30. The predicted octanol–water partition coefficient (Wildman–Crippen LogP) is 5.22. The third-order valence-corrected chi connectivity index (χ3v) is 5.49. The zero-order valence-corrected chi connectivity index (χ0v) is 17.4. The quantitative estimate of drug-likeness (QED) is 0.419. The van der Waals surface area contributed by atoms with Crippen LogP contribution in [-0.4, -0.2) is 20.7 Å². The van der Waals surface area contributed by atoms with Crippen LogP contribution in [0.15, 0.2) is 85.1 Å². The molecule has 0 bridgehead atoms. The Bertz CT molecular complexity index is 1390. The van der Waals surface area contributed by atoms with Crippen molar-refractivity contribution in [1.29, 1.82) is 0 Å². The summed E-state index contributed by atoms with van der Waals surface area (Å²) in [5, 5.41) is 10.2. The van der Waals surface area contributed by atoms with E-state index in [1.54, 1.807) is 6.20 Å². The van der Waals surface area contributed by atoms with Crippen LogP contribution in [0.3, 0.4) is 0 Å². The number of benzene rings is 3. The fraction of sp³-hybridized carbons (Fsp3) is 0.0800. The Morgan fingerprint density at radius 3 is 2.61 bits per heavy atom. The van der Waals surface area contributed by atoms with Crippen LogP contribution in [0, 0.1) is 0 Å². The number of aromatic nitrogens is 3. The van der Waals surface area contributed by atoms with E-state index in [4.69, 9.17) is 11.6 Å². The molecular formula is C25H19ClN4O. The molecule has 0 unspecified atom stereocenters. The number of carbonyl (C=O) groups excluding carboxylic acids is 1. The van der Waals surface area contributed by atoms with Gasteiger partial charge in [-0.15, -0.1) is 0 Å². The molecule has 3 aromatic carbocycles. The summed E-state index contributed by atoms with van der Waals surface area (Å²) < 4.78 is 1.86. The number of amides is 1. The molecular weight excluding hydrogens is 408 g/mol. The lowest BCUT2D eigenvalue weighted by atomic mass is 10.1. The van der Waals surface area contributed by atoms with Gasteiger partial charge in [-0.25, -0.2) is 0 Å². The molecule has 0 fully saturated rings. The summed E-state index contributed by atoms with van der Waals surface area (Å²) in [4.78, 5) is 17.3. The van der Waals surface area contributed by atoms with Crippen LogP contribution < -0.4 is 5.32 Å². The third-order valence-electron chi connectivity index (χ3n) is 5.24. The first-order chi connectivity index (χ1) is 15.2. The number of nitrogens with zero attached hydrogens (tertiary/aromatic N) is 3. The van der Waals surface area contributed by atoms with Crippen LogP contribution >= 0.6 is 11.6 Å². The average Bonchev–Trinajstić information content (AvgIpc) is 3.17. The minimum Gasteiger partial charge on any atom is -0.347 e. The van der Waals surface area contributed by atoms with Crippen LogP contribution in [-0.2, 0) is 13.1 Å². The van der Waals surface area contributed by atoms with E-state index in [1.807, 2.05) is 83.5 Å². The molecule has 6 heteroatoms. The van der Waals surface area contributed by atoms with Crippen LogP contribution in [0.2, 0.25) is 5.02 Å². The Morgan fingerprint density at radius 2 is 1.74 bits per heavy atom. The molecule has 0 saturated carbocycles. The summed E-state index contributed by atoms with van der Waals surface area (Å²) in [7, 11) is 0. The zero-order chi connectivity index (χ0) is 21.2. The predicted molar refractivity (Wildman–Crippen MR) is 123 cm³/mol. The van der Waals surface area contributed by atoms with Crippen molar-refractivity contribution in [2.75, 3.05) is 0 Å². The highest BCUT2D eigenvalue weighted by Crippen LogP contribution is 2.21. The van der Waals surface area contributed by atoms with E-state index in [-0.39, 0.29) is 5.91 Å². The molecule has 152 valence electrons. The van der Waals surface area contributed by atoms with E-state index < -0.39 is 0 Å². The van der Waals surface area contributed by atoms with Gasteiger partial charge in [-0.3, -0.25) is 14.5 Å². The molecule has 0 radical (unpaired) electrons. The van der Waals surface area contributed by atoms with Crippen LogP contribution in [0.5, 0.6) is 0 Å². The van der Waals surface area contributed by atoms with Crippen LogP contribution in [0.4, 0.5) is 0 Å². The van der Waals surface area contributed by atoms with E-state index in [0.29, 0.717) is 23.8 Å². The van der Waals surface area contributed by atoms with Gasteiger partial charge in [0, 0.05) is 28.5 Å². The lowest BCUT2D eigenvalue weighted by Crippen LogP contribution is -2.23. The lowest BCUT2D eigenvalue weighted by Gasteiger charge is -2.05. The van der Waals surface area contributed by atoms with Crippen molar-refractivity contribution in [1.82, 2.24) is 20.1 Å². The Hall–Kier alpha value is -3.70. The van der Waals surface area contributed by atoms with Crippen molar-refractivity contribution in [3.05, 3.63) is 107 Å². The molecule has 2 aromatic heterocycles. The van der Waals surface area contributed by atoms with Gasteiger partial charge in [0.2, 0.25) is 0 Å². The largest absolute Gasteiger partial charge is 0.347 e. The van der Waals surface area contributed by atoms with Crippen molar-refractivity contribution < 1.29 is 4.79 Å².